The molecule has 0 aromatic heterocycles. The van der Waals surface area contributed by atoms with Crippen LogP contribution in [-0.4, -0.2) is 44.0 Å². The number of rotatable bonds is 8. The average Bonchev–Trinajstić information content (AvgIpc) is 2.83. The Morgan fingerprint density at radius 3 is 1.86 bits per heavy atom. The molecule has 3 unspecified atom stereocenters. The van der Waals surface area contributed by atoms with Crippen molar-refractivity contribution >= 4 is 22.3 Å². The number of benzene rings is 2. The standard InChI is InChI=1S/C27H32N2O7S/c1-37(32,33)36-27-15-21-12-22(16-27)14-26(13-21,29-25(31)35-18-20-10-6-3-7-11-20)23(27)28-24(30)34-17-19-8-4-2-5-9-19/h2-11,21-23H,12-18H2,1H3,(H,28,30)(H,29,31). The van der Waals surface area contributed by atoms with Crippen molar-refractivity contribution in [2.24, 2.45) is 11.8 Å². The summed E-state index contributed by atoms with van der Waals surface area (Å²) < 4.78 is 41.5. The molecule has 2 N–H and O–H groups in total. The molecule has 2 amide bonds. The summed E-state index contributed by atoms with van der Waals surface area (Å²) in [5, 5.41) is 5.92. The van der Waals surface area contributed by atoms with E-state index in [1.54, 1.807) is 0 Å². The van der Waals surface area contributed by atoms with Gasteiger partial charge in [-0.3, -0.25) is 4.18 Å². The summed E-state index contributed by atoms with van der Waals surface area (Å²) in [6, 6.07) is 17.8. The zero-order valence-electron chi connectivity index (χ0n) is 20.7. The van der Waals surface area contributed by atoms with E-state index in [1.165, 1.54) is 0 Å². The fourth-order valence-electron chi connectivity index (χ4n) is 6.80. The number of hydrogen-bond donors (Lipinski definition) is 2. The van der Waals surface area contributed by atoms with E-state index in [9.17, 15) is 18.0 Å². The Morgan fingerprint density at radius 2 is 1.35 bits per heavy atom. The van der Waals surface area contributed by atoms with Crippen LogP contribution in [0.4, 0.5) is 9.59 Å². The van der Waals surface area contributed by atoms with E-state index >= 15 is 0 Å². The Kier molecular flexibility index (Phi) is 6.89. The molecule has 4 saturated carbocycles. The highest BCUT2D eigenvalue weighted by Crippen LogP contribution is 2.59. The van der Waals surface area contributed by atoms with Crippen molar-refractivity contribution in [2.75, 3.05) is 6.26 Å². The van der Waals surface area contributed by atoms with Gasteiger partial charge in [0.05, 0.1) is 17.8 Å². The molecule has 4 bridgehead atoms. The van der Waals surface area contributed by atoms with Crippen LogP contribution in [0.2, 0.25) is 0 Å². The minimum atomic E-state index is -3.85. The largest absolute Gasteiger partial charge is 0.445 e. The normalized spacial score (nSPS) is 29.9. The molecule has 9 nitrogen and oxygen atoms in total. The summed E-state index contributed by atoms with van der Waals surface area (Å²) in [5.41, 5.74) is -0.425. The fourth-order valence-corrected chi connectivity index (χ4v) is 7.64. The summed E-state index contributed by atoms with van der Waals surface area (Å²) in [7, 11) is -3.85. The Balaban J connectivity index is 1.37. The predicted octanol–water partition coefficient (Wildman–Crippen LogP) is 3.89. The van der Waals surface area contributed by atoms with Gasteiger partial charge in [0.2, 0.25) is 0 Å². The maximum absolute atomic E-state index is 13.0. The number of hydrogen-bond acceptors (Lipinski definition) is 7. The van der Waals surface area contributed by atoms with E-state index < -0.39 is 39.5 Å². The molecule has 0 radical (unpaired) electrons. The first-order valence-corrected chi connectivity index (χ1v) is 14.3. The molecule has 10 heteroatoms. The van der Waals surface area contributed by atoms with E-state index in [0.29, 0.717) is 25.7 Å². The van der Waals surface area contributed by atoms with Crippen LogP contribution < -0.4 is 10.6 Å². The third-order valence-corrected chi connectivity index (χ3v) is 8.31. The fraction of sp³-hybridized carbons (Fsp3) is 0.481. The lowest BCUT2D eigenvalue weighted by molar-refractivity contribution is -0.146. The third kappa shape index (κ3) is 5.75. The molecule has 4 aliphatic rings. The number of alkyl carbamates (subject to hydrolysis) is 2. The highest BCUT2D eigenvalue weighted by Gasteiger charge is 2.67. The van der Waals surface area contributed by atoms with Gasteiger partial charge in [0, 0.05) is 0 Å². The number of carbonyl (C=O) groups excluding carboxylic acids is 2. The minimum Gasteiger partial charge on any atom is -0.445 e. The quantitative estimate of drug-likeness (QED) is 0.499. The van der Waals surface area contributed by atoms with E-state index in [1.807, 2.05) is 60.7 Å². The molecule has 4 fully saturated rings. The zero-order chi connectivity index (χ0) is 26.1. The van der Waals surface area contributed by atoms with Gasteiger partial charge in [-0.25, -0.2) is 9.59 Å². The van der Waals surface area contributed by atoms with Gasteiger partial charge < -0.3 is 20.1 Å². The lowest BCUT2D eigenvalue weighted by atomic mass is 9.48. The lowest BCUT2D eigenvalue weighted by Gasteiger charge is -2.64. The van der Waals surface area contributed by atoms with Crippen molar-refractivity contribution in [1.82, 2.24) is 10.6 Å². The molecule has 198 valence electrons. The second-order valence-corrected chi connectivity index (χ2v) is 12.2. The first-order valence-electron chi connectivity index (χ1n) is 12.5. The summed E-state index contributed by atoms with van der Waals surface area (Å²) in [4.78, 5) is 26.0. The van der Waals surface area contributed by atoms with Crippen LogP contribution in [0.3, 0.4) is 0 Å². The molecule has 3 atom stereocenters. The molecule has 4 aliphatic carbocycles. The molecular formula is C27H32N2O7S. The van der Waals surface area contributed by atoms with Gasteiger partial charge in [0.1, 0.15) is 18.8 Å². The smallest absolute Gasteiger partial charge is 0.407 e. The van der Waals surface area contributed by atoms with Gasteiger partial charge in [0.15, 0.2) is 0 Å². The SMILES string of the molecule is CS(=O)(=O)OC12CC3CC(CC(NC(=O)OCc4ccccc4)(C3)C1NC(=O)OCc1ccccc1)C2. The highest BCUT2D eigenvalue weighted by atomic mass is 32.2. The summed E-state index contributed by atoms with van der Waals surface area (Å²) in [6.07, 6.45) is 2.75. The first-order chi connectivity index (χ1) is 17.6. The van der Waals surface area contributed by atoms with Crippen molar-refractivity contribution in [3.63, 3.8) is 0 Å². The molecule has 37 heavy (non-hydrogen) atoms. The molecule has 0 aliphatic heterocycles. The van der Waals surface area contributed by atoms with Crippen molar-refractivity contribution in [3.8, 4) is 0 Å². The number of amides is 2. The van der Waals surface area contributed by atoms with Crippen LogP contribution in [0.15, 0.2) is 60.7 Å². The van der Waals surface area contributed by atoms with Gasteiger partial charge in [-0.2, -0.15) is 8.42 Å². The maximum atomic E-state index is 13.0. The second-order valence-electron chi connectivity index (χ2n) is 10.6. The maximum Gasteiger partial charge on any atom is 0.407 e. The van der Waals surface area contributed by atoms with Gasteiger partial charge in [-0.05, 0) is 55.1 Å². The van der Waals surface area contributed by atoms with Crippen LogP contribution in [0.1, 0.15) is 43.2 Å². The van der Waals surface area contributed by atoms with E-state index in [-0.39, 0.29) is 25.0 Å². The Labute approximate surface area is 217 Å². The molecule has 2 aromatic rings. The molecule has 0 saturated heterocycles. The first kappa shape index (κ1) is 25.5. The minimum absolute atomic E-state index is 0.0596. The Hall–Kier alpha value is -3.11. The average molecular weight is 529 g/mol. The van der Waals surface area contributed by atoms with Crippen LogP contribution in [0.5, 0.6) is 0 Å². The Morgan fingerprint density at radius 1 is 0.838 bits per heavy atom. The third-order valence-electron chi connectivity index (χ3n) is 7.68. The van der Waals surface area contributed by atoms with Gasteiger partial charge in [-0.1, -0.05) is 60.7 Å². The summed E-state index contributed by atoms with van der Waals surface area (Å²) in [6.45, 7) is 0.155. The van der Waals surface area contributed by atoms with Crippen LogP contribution in [0.25, 0.3) is 0 Å². The Bertz CT molecular complexity index is 1220. The van der Waals surface area contributed by atoms with Crippen molar-refractivity contribution in [1.29, 1.82) is 0 Å². The van der Waals surface area contributed by atoms with Crippen LogP contribution in [0, 0.1) is 11.8 Å². The number of carbonyl (C=O) groups is 2. The van der Waals surface area contributed by atoms with Crippen LogP contribution in [-0.2, 0) is 37.0 Å². The second kappa shape index (κ2) is 9.98. The molecule has 2 aromatic carbocycles. The van der Waals surface area contributed by atoms with E-state index in [2.05, 4.69) is 10.6 Å². The van der Waals surface area contributed by atoms with Gasteiger partial charge in [0.25, 0.3) is 10.1 Å². The van der Waals surface area contributed by atoms with Crippen LogP contribution >= 0.6 is 0 Å². The predicted molar refractivity (Wildman–Crippen MR) is 135 cm³/mol. The van der Waals surface area contributed by atoms with E-state index in [4.69, 9.17) is 13.7 Å². The monoisotopic (exact) mass is 528 g/mol. The molecule has 0 heterocycles. The molecule has 0 spiro atoms. The molecule has 6 rings (SSSR count). The summed E-state index contributed by atoms with van der Waals surface area (Å²) in [5.74, 6) is 0.309. The number of ether oxygens (including phenoxy) is 2. The number of nitrogens with one attached hydrogen (secondary N) is 2. The lowest BCUT2D eigenvalue weighted by Crippen LogP contribution is -2.79. The topological polar surface area (TPSA) is 120 Å². The zero-order valence-corrected chi connectivity index (χ0v) is 21.5. The highest BCUT2D eigenvalue weighted by molar-refractivity contribution is 7.86. The van der Waals surface area contributed by atoms with E-state index in [0.717, 1.165) is 23.8 Å². The van der Waals surface area contributed by atoms with Crippen molar-refractivity contribution < 1.29 is 31.7 Å². The molecular weight excluding hydrogens is 496 g/mol. The van der Waals surface area contributed by atoms with Crippen molar-refractivity contribution in [3.05, 3.63) is 71.8 Å². The van der Waals surface area contributed by atoms with Crippen molar-refractivity contribution in [2.45, 2.75) is 62.5 Å². The van der Waals surface area contributed by atoms with Gasteiger partial charge in [-0.15, -0.1) is 0 Å². The van der Waals surface area contributed by atoms with Gasteiger partial charge >= 0.3 is 12.2 Å². The summed E-state index contributed by atoms with van der Waals surface area (Å²) >= 11 is 0.